The van der Waals surface area contributed by atoms with Crippen LogP contribution in [0, 0.1) is 5.92 Å². The lowest BCUT2D eigenvalue weighted by Crippen LogP contribution is -2.48. The number of morpholine rings is 1. The van der Waals surface area contributed by atoms with Crippen LogP contribution in [0.3, 0.4) is 0 Å². The van der Waals surface area contributed by atoms with E-state index in [1.165, 1.54) is 19.4 Å². The minimum absolute atomic E-state index is 0. The van der Waals surface area contributed by atoms with Gasteiger partial charge in [0.05, 0.1) is 18.6 Å². The van der Waals surface area contributed by atoms with Crippen LogP contribution in [0.25, 0.3) is 0 Å². The molecule has 2 unspecified atom stereocenters. The average Bonchev–Trinajstić information content (AvgIpc) is 2.36. The van der Waals surface area contributed by atoms with Crippen LogP contribution in [0.4, 0.5) is 0 Å². The molecule has 124 valence electrons. The lowest BCUT2D eigenvalue weighted by atomic mass is 9.95. The molecule has 1 N–H and O–H groups in total. The van der Waals surface area contributed by atoms with Gasteiger partial charge in [-0.3, -0.25) is 9.69 Å². The lowest BCUT2D eigenvalue weighted by Gasteiger charge is -2.39. The molecular weight excluding hydrogens is 292 g/mol. The van der Waals surface area contributed by atoms with E-state index in [1.807, 2.05) is 0 Å². The summed E-state index contributed by atoms with van der Waals surface area (Å²) in [6, 6.07) is 0. The second kappa shape index (κ2) is 8.93. The maximum Gasteiger partial charge on any atom is 0.304 e. The molecule has 0 amide bonds. The summed E-state index contributed by atoms with van der Waals surface area (Å²) in [6.45, 7) is 10.4. The molecule has 2 heterocycles. The molecule has 5 nitrogen and oxygen atoms in total. The fourth-order valence-electron chi connectivity index (χ4n) is 3.44. The van der Waals surface area contributed by atoms with Crippen LogP contribution in [0.1, 0.15) is 33.1 Å². The van der Waals surface area contributed by atoms with Gasteiger partial charge in [0.2, 0.25) is 0 Å². The quantitative estimate of drug-likeness (QED) is 0.835. The minimum Gasteiger partial charge on any atom is -0.481 e. The molecule has 0 spiro atoms. The fourth-order valence-corrected chi connectivity index (χ4v) is 3.44. The standard InChI is InChI=1S/C15H28N2O3.ClH/c1-12-9-17(10-13(2)20-12)11-14-3-6-16(7-4-14)8-5-15(18)19;/h12-14H,3-11H2,1-2H3,(H,18,19);1H. The van der Waals surface area contributed by atoms with Crippen molar-refractivity contribution in [2.24, 2.45) is 5.92 Å². The highest BCUT2D eigenvalue weighted by Gasteiger charge is 2.26. The minimum atomic E-state index is -0.691. The van der Waals surface area contributed by atoms with Crippen molar-refractivity contribution in [2.75, 3.05) is 39.3 Å². The number of hydrogen-bond donors (Lipinski definition) is 1. The number of carboxylic acid groups (broad SMARTS) is 1. The summed E-state index contributed by atoms with van der Waals surface area (Å²) >= 11 is 0. The van der Waals surface area contributed by atoms with Crippen LogP contribution >= 0.6 is 12.4 Å². The van der Waals surface area contributed by atoms with Crippen molar-refractivity contribution < 1.29 is 14.6 Å². The van der Waals surface area contributed by atoms with E-state index < -0.39 is 5.97 Å². The van der Waals surface area contributed by atoms with Crippen LogP contribution in [0.15, 0.2) is 0 Å². The third-order valence-electron chi connectivity index (χ3n) is 4.36. The van der Waals surface area contributed by atoms with E-state index >= 15 is 0 Å². The molecule has 6 heteroatoms. The number of likely N-dealkylation sites (tertiary alicyclic amines) is 1. The van der Waals surface area contributed by atoms with Gasteiger partial charge in [0.15, 0.2) is 0 Å². The van der Waals surface area contributed by atoms with Gasteiger partial charge in [0, 0.05) is 26.2 Å². The molecule has 2 fully saturated rings. The van der Waals surface area contributed by atoms with E-state index in [2.05, 4.69) is 23.6 Å². The Morgan fingerprint density at radius 2 is 1.71 bits per heavy atom. The van der Waals surface area contributed by atoms with E-state index in [-0.39, 0.29) is 18.8 Å². The Morgan fingerprint density at radius 1 is 1.14 bits per heavy atom. The van der Waals surface area contributed by atoms with Crippen LogP contribution in [0.5, 0.6) is 0 Å². The Hall–Kier alpha value is -0.360. The van der Waals surface area contributed by atoms with Crippen molar-refractivity contribution in [1.82, 2.24) is 9.80 Å². The zero-order valence-corrected chi connectivity index (χ0v) is 14.0. The summed E-state index contributed by atoms with van der Waals surface area (Å²) < 4.78 is 5.77. The van der Waals surface area contributed by atoms with E-state index in [0.717, 1.165) is 32.1 Å². The second-order valence-electron chi connectivity index (χ2n) is 6.40. The number of carbonyl (C=O) groups is 1. The van der Waals surface area contributed by atoms with Crippen molar-refractivity contribution in [3.8, 4) is 0 Å². The van der Waals surface area contributed by atoms with E-state index in [9.17, 15) is 4.79 Å². The molecule has 0 saturated carbocycles. The molecule has 0 radical (unpaired) electrons. The number of piperidine rings is 1. The summed E-state index contributed by atoms with van der Waals surface area (Å²) in [5.41, 5.74) is 0. The van der Waals surface area contributed by atoms with Crippen LogP contribution in [-0.2, 0) is 9.53 Å². The monoisotopic (exact) mass is 320 g/mol. The number of carboxylic acids is 1. The van der Waals surface area contributed by atoms with E-state index in [0.29, 0.717) is 18.8 Å². The Morgan fingerprint density at radius 3 is 2.24 bits per heavy atom. The first-order valence-corrected chi connectivity index (χ1v) is 7.85. The van der Waals surface area contributed by atoms with Gasteiger partial charge in [-0.25, -0.2) is 0 Å². The largest absolute Gasteiger partial charge is 0.481 e. The van der Waals surface area contributed by atoms with Gasteiger partial charge in [-0.15, -0.1) is 12.4 Å². The third-order valence-corrected chi connectivity index (χ3v) is 4.36. The lowest BCUT2D eigenvalue weighted by molar-refractivity contribution is -0.137. The van der Waals surface area contributed by atoms with Gasteiger partial charge >= 0.3 is 5.97 Å². The maximum atomic E-state index is 10.6. The zero-order chi connectivity index (χ0) is 14.5. The predicted octanol–water partition coefficient (Wildman–Crippen LogP) is 1.70. The Labute approximate surface area is 134 Å². The topological polar surface area (TPSA) is 53.0 Å². The van der Waals surface area contributed by atoms with Crippen molar-refractivity contribution in [2.45, 2.75) is 45.3 Å². The number of hydrogen-bond acceptors (Lipinski definition) is 4. The Bertz CT molecular complexity index is 312. The molecular formula is C15H29ClN2O3. The Kier molecular flexibility index (Phi) is 7.95. The number of ether oxygens (including phenoxy) is 1. The Balaban J connectivity index is 0.00000220. The van der Waals surface area contributed by atoms with Crippen molar-refractivity contribution in [1.29, 1.82) is 0 Å². The maximum absolute atomic E-state index is 10.6. The van der Waals surface area contributed by atoms with Crippen LogP contribution in [-0.4, -0.2) is 72.4 Å². The van der Waals surface area contributed by atoms with Gasteiger partial charge in [-0.05, 0) is 45.7 Å². The summed E-state index contributed by atoms with van der Waals surface area (Å²) in [5.74, 6) is 0.0667. The summed E-state index contributed by atoms with van der Waals surface area (Å²) in [6.07, 6.45) is 3.34. The SMILES string of the molecule is CC1CN(CC2CCN(CCC(=O)O)CC2)CC(C)O1.Cl. The molecule has 0 bridgehead atoms. The van der Waals surface area contributed by atoms with E-state index in [1.54, 1.807) is 0 Å². The first kappa shape index (κ1) is 18.7. The van der Waals surface area contributed by atoms with Crippen LogP contribution < -0.4 is 0 Å². The molecule has 0 aliphatic carbocycles. The number of nitrogens with zero attached hydrogens (tertiary/aromatic N) is 2. The molecule has 2 aliphatic heterocycles. The van der Waals surface area contributed by atoms with Gasteiger partial charge in [0.25, 0.3) is 0 Å². The molecule has 0 aromatic rings. The first-order valence-electron chi connectivity index (χ1n) is 7.85. The molecule has 0 aromatic carbocycles. The summed E-state index contributed by atoms with van der Waals surface area (Å²) in [4.78, 5) is 15.4. The van der Waals surface area contributed by atoms with E-state index in [4.69, 9.17) is 9.84 Å². The highest BCUT2D eigenvalue weighted by atomic mass is 35.5. The van der Waals surface area contributed by atoms with Gasteiger partial charge in [-0.2, -0.15) is 0 Å². The zero-order valence-electron chi connectivity index (χ0n) is 13.2. The smallest absolute Gasteiger partial charge is 0.304 e. The van der Waals surface area contributed by atoms with Crippen molar-refractivity contribution >= 4 is 18.4 Å². The average molecular weight is 321 g/mol. The molecule has 0 aromatic heterocycles. The normalized spacial score (nSPS) is 29.0. The number of halogens is 1. The molecule has 2 rings (SSSR count). The van der Waals surface area contributed by atoms with Crippen molar-refractivity contribution in [3.05, 3.63) is 0 Å². The van der Waals surface area contributed by atoms with Crippen molar-refractivity contribution in [3.63, 3.8) is 0 Å². The predicted molar refractivity (Wildman–Crippen MR) is 85.1 cm³/mol. The summed E-state index contributed by atoms with van der Waals surface area (Å²) in [7, 11) is 0. The highest BCUT2D eigenvalue weighted by Crippen LogP contribution is 2.20. The second-order valence-corrected chi connectivity index (χ2v) is 6.40. The van der Waals surface area contributed by atoms with Crippen LogP contribution in [0.2, 0.25) is 0 Å². The first-order chi connectivity index (χ1) is 9.52. The van der Waals surface area contributed by atoms with Gasteiger partial charge in [-0.1, -0.05) is 0 Å². The molecule has 2 saturated heterocycles. The molecule has 2 aliphatic rings. The fraction of sp³-hybridized carbons (Fsp3) is 0.933. The number of rotatable bonds is 5. The molecule has 21 heavy (non-hydrogen) atoms. The number of aliphatic carboxylic acids is 1. The summed E-state index contributed by atoms with van der Waals surface area (Å²) in [5, 5.41) is 8.72. The molecule has 2 atom stereocenters. The van der Waals surface area contributed by atoms with Gasteiger partial charge < -0.3 is 14.7 Å². The van der Waals surface area contributed by atoms with Gasteiger partial charge in [0.1, 0.15) is 0 Å². The highest BCUT2D eigenvalue weighted by molar-refractivity contribution is 5.85. The third kappa shape index (κ3) is 6.51.